The number of anilines is 1. The van der Waals surface area contributed by atoms with Crippen LogP contribution in [0.5, 0.6) is 0 Å². The van der Waals surface area contributed by atoms with Crippen molar-refractivity contribution < 1.29 is 4.79 Å². The van der Waals surface area contributed by atoms with E-state index in [1.54, 1.807) is 6.07 Å². The monoisotopic (exact) mass is 234 g/mol. The summed E-state index contributed by atoms with van der Waals surface area (Å²) in [6.45, 7) is 8.95. The first-order chi connectivity index (χ1) is 8.08. The van der Waals surface area contributed by atoms with Crippen LogP contribution in [-0.4, -0.2) is 30.3 Å². The molecule has 0 saturated heterocycles. The van der Waals surface area contributed by atoms with Gasteiger partial charge in [-0.25, -0.2) is 0 Å². The fourth-order valence-corrected chi connectivity index (χ4v) is 1.76. The van der Waals surface area contributed by atoms with E-state index < -0.39 is 0 Å². The van der Waals surface area contributed by atoms with Crippen LogP contribution in [0.2, 0.25) is 0 Å². The number of carbonyl (C=O) groups excluding carboxylic acids is 1. The van der Waals surface area contributed by atoms with Crippen LogP contribution in [0.3, 0.4) is 0 Å². The van der Waals surface area contributed by atoms with Gasteiger partial charge in [0.1, 0.15) is 0 Å². The minimum Gasteiger partial charge on any atom is -0.398 e. The van der Waals surface area contributed by atoms with Crippen LogP contribution in [0, 0.1) is 6.92 Å². The van der Waals surface area contributed by atoms with Gasteiger partial charge in [-0.2, -0.15) is 0 Å². The summed E-state index contributed by atoms with van der Waals surface area (Å²) in [6.07, 6.45) is 0.560. The molecule has 0 heterocycles. The summed E-state index contributed by atoms with van der Waals surface area (Å²) in [5.41, 5.74) is 8.24. The Kier molecular flexibility index (Phi) is 5.16. The van der Waals surface area contributed by atoms with Crippen molar-refractivity contribution in [2.24, 2.45) is 0 Å². The number of nitrogens with zero attached hydrogens (tertiary/aromatic N) is 1. The number of nitrogens with two attached hydrogens (primary N) is 1. The van der Waals surface area contributed by atoms with Gasteiger partial charge in [0, 0.05) is 24.2 Å². The number of ketones is 1. The Balaban J connectivity index is 2.61. The molecule has 0 aliphatic rings. The maximum Gasteiger partial charge on any atom is 0.164 e. The van der Waals surface area contributed by atoms with Gasteiger partial charge >= 0.3 is 0 Å². The van der Waals surface area contributed by atoms with E-state index in [1.807, 2.05) is 19.1 Å². The van der Waals surface area contributed by atoms with E-state index in [0.29, 0.717) is 12.1 Å². The topological polar surface area (TPSA) is 46.3 Å². The molecule has 0 radical (unpaired) electrons. The largest absolute Gasteiger partial charge is 0.398 e. The summed E-state index contributed by atoms with van der Waals surface area (Å²) in [6, 6.07) is 5.54. The normalized spacial score (nSPS) is 10.8. The van der Waals surface area contributed by atoms with Crippen molar-refractivity contribution in [2.45, 2.75) is 27.2 Å². The minimum atomic E-state index is 0.170. The van der Waals surface area contributed by atoms with Gasteiger partial charge in [0.15, 0.2) is 5.78 Å². The van der Waals surface area contributed by atoms with Crippen molar-refractivity contribution in [2.75, 3.05) is 25.4 Å². The van der Waals surface area contributed by atoms with E-state index in [-0.39, 0.29) is 5.78 Å². The third-order valence-electron chi connectivity index (χ3n) is 3.15. The minimum absolute atomic E-state index is 0.170. The zero-order valence-electron chi connectivity index (χ0n) is 11.0. The smallest absolute Gasteiger partial charge is 0.164 e. The molecule has 0 aliphatic heterocycles. The number of carbonyl (C=O) groups is 1. The van der Waals surface area contributed by atoms with Crippen molar-refractivity contribution in [3.63, 3.8) is 0 Å². The number of aryl methyl sites for hydroxylation is 1. The van der Waals surface area contributed by atoms with Crippen LogP contribution in [0.4, 0.5) is 5.69 Å². The van der Waals surface area contributed by atoms with E-state index in [2.05, 4.69) is 18.7 Å². The van der Waals surface area contributed by atoms with Crippen molar-refractivity contribution in [1.82, 2.24) is 4.90 Å². The van der Waals surface area contributed by atoms with Gasteiger partial charge in [0.2, 0.25) is 0 Å². The van der Waals surface area contributed by atoms with E-state index in [9.17, 15) is 4.79 Å². The lowest BCUT2D eigenvalue weighted by Crippen LogP contribution is -2.25. The SMILES string of the molecule is CCN(CC)CCC(=O)c1ccc(C)c(N)c1. The standard InChI is InChI=1S/C14H22N2O/c1-4-16(5-2)9-8-14(17)12-7-6-11(3)13(15)10-12/h6-7,10H,4-5,8-9,15H2,1-3H3. The fourth-order valence-electron chi connectivity index (χ4n) is 1.76. The number of benzene rings is 1. The number of rotatable bonds is 6. The summed E-state index contributed by atoms with van der Waals surface area (Å²) in [5.74, 6) is 0.170. The highest BCUT2D eigenvalue weighted by molar-refractivity contribution is 5.97. The average Bonchev–Trinajstić information content (AvgIpc) is 2.33. The second-order valence-electron chi connectivity index (χ2n) is 4.27. The van der Waals surface area contributed by atoms with Crippen LogP contribution in [0.15, 0.2) is 18.2 Å². The molecule has 0 unspecified atom stereocenters. The quantitative estimate of drug-likeness (QED) is 0.607. The maximum absolute atomic E-state index is 12.0. The van der Waals surface area contributed by atoms with E-state index in [1.165, 1.54) is 0 Å². The Bertz CT molecular complexity index is 384. The molecule has 0 atom stereocenters. The molecule has 0 aromatic heterocycles. The lowest BCUT2D eigenvalue weighted by Gasteiger charge is -2.17. The lowest BCUT2D eigenvalue weighted by molar-refractivity contribution is 0.0966. The number of hydrogen-bond acceptors (Lipinski definition) is 3. The Morgan fingerprint density at radius 3 is 2.47 bits per heavy atom. The Morgan fingerprint density at radius 1 is 1.29 bits per heavy atom. The van der Waals surface area contributed by atoms with Gasteiger partial charge in [0.05, 0.1) is 0 Å². The molecule has 0 saturated carbocycles. The first kappa shape index (κ1) is 13.7. The zero-order valence-corrected chi connectivity index (χ0v) is 11.0. The van der Waals surface area contributed by atoms with Crippen LogP contribution >= 0.6 is 0 Å². The van der Waals surface area contributed by atoms with Crippen LogP contribution in [0.1, 0.15) is 36.2 Å². The van der Waals surface area contributed by atoms with E-state index in [4.69, 9.17) is 5.73 Å². The first-order valence-electron chi connectivity index (χ1n) is 6.20. The van der Waals surface area contributed by atoms with Crippen molar-refractivity contribution in [1.29, 1.82) is 0 Å². The van der Waals surface area contributed by atoms with Gasteiger partial charge in [-0.3, -0.25) is 4.79 Å². The Hall–Kier alpha value is -1.35. The maximum atomic E-state index is 12.0. The molecular formula is C14H22N2O. The summed E-state index contributed by atoms with van der Waals surface area (Å²) < 4.78 is 0. The van der Waals surface area contributed by atoms with Gasteiger partial charge in [0.25, 0.3) is 0 Å². The van der Waals surface area contributed by atoms with E-state index >= 15 is 0 Å². The van der Waals surface area contributed by atoms with Crippen molar-refractivity contribution in [3.05, 3.63) is 29.3 Å². The summed E-state index contributed by atoms with van der Waals surface area (Å²) >= 11 is 0. The second-order valence-corrected chi connectivity index (χ2v) is 4.27. The molecular weight excluding hydrogens is 212 g/mol. The van der Waals surface area contributed by atoms with Gasteiger partial charge < -0.3 is 10.6 Å². The first-order valence-corrected chi connectivity index (χ1v) is 6.20. The Morgan fingerprint density at radius 2 is 1.94 bits per heavy atom. The van der Waals surface area contributed by atoms with Gasteiger partial charge in [-0.1, -0.05) is 26.0 Å². The van der Waals surface area contributed by atoms with Gasteiger partial charge in [-0.15, -0.1) is 0 Å². The number of Topliss-reactive ketones (excluding diaryl/α,β-unsaturated/α-hetero) is 1. The fraction of sp³-hybridized carbons (Fsp3) is 0.500. The molecule has 3 heteroatoms. The molecule has 17 heavy (non-hydrogen) atoms. The molecule has 0 amide bonds. The summed E-state index contributed by atoms with van der Waals surface area (Å²) in [7, 11) is 0. The predicted octanol–water partition coefficient (Wildman–Crippen LogP) is 2.49. The third kappa shape index (κ3) is 3.86. The molecule has 3 nitrogen and oxygen atoms in total. The number of nitrogen functional groups attached to an aromatic ring is 1. The van der Waals surface area contributed by atoms with Crippen LogP contribution in [0.25, 0.3) is 0 Å². The molecule has 0 bridgehead atoms. The average molecular weight is 234 g/mol. The lowest BCUT2D eigenvalue weighted by atomic mass is 10.0. The highest BCUT2D eigenvalue weighted by Crippen LogP contribution is 2.14. The zero-order chi connectivity index (χ0) is 12.8. The molecule has 2 N–H and O–H groups in total. The highest BCUT2D eigenvalue weighted by atomic mass is 16.1. The summed E-state index contributed by atoms with van der Waals surface area (Å²) in [5, 5.41) is 0. The van der Waals surface area contributed by atoms with Crippen molar-refractivity contribution in [3.8, 4) is 0 Å². The van der Waals surface area contributed by atoms with Gasteiger partial charge in [-0.05, 0) is 31.6 Å². The van der Waals surface area contributed by atoms with Crippen LogP contribution < -0.4 is 5.73 Å². The molecule has 1 rings (SSSR count). The predicted molar refractivity (Wildman–Crippen MR) is 72.3 cm³/mol. The summed E-state index contributed by atoms with van der Waals surface area (Å²) in [4.78, 5) is 14.2. The molecule has 1 aromatic carbocycles. The van der Waals surface area contributed by atoms with Crippen LogP contribution in [-0.2, 0) is 0 Å². The van der Waals surface area contributed by atoms with Crippen molar-refractivity contribution >= 4 is 11.5 Å². The highest BCUT2D eigenvalue weighted by Gasteiger charge is 2.08. The molecule has 0 spiro atoms. The Labute approximate surface area is 104 Å². The molecule has 1 aromatic rings. The third-order valence-corrected chi connectivity index (χ3v) is 3.15. The molecule has 0 aliphatic carbocycles. The molecule has 0 fully saturated rings. The number of hydrogen-bond donors (Lipinski definition) is 1. The molecule has 94 valence electrons. The van der Waals surface area contributed by atoms with E-state index in [0.717, 1.165) is 30.8 Å². The second kappa shape index (κ2) is 6.40.